The lowest BCUT2D eigenvalue weighted by Gasteiger charge is -2.00. The number of hydrogen-bond donors (Lipinski definition) is 1. The quantitative estimate of drug-likeness (QED) is 0.694. The van der Waals surface area contributed by atoms with Crippen molar-refractivity contribution < 1.29 is 5.11 Å². The van der Waals surface area contributed by atoms with Crippen LogP contribution in [-0.2, 0) is 13.6 Å². The minimum absolute atomic E-state index is 0.0270. The van der Waals surface area contributed by atoms with Crippen molar-refractivity contribution in [1.82, 2.24) is 24.8 Å². The summed E-state index contributed by atoms with van der Waals surface area (Å²) < 4.78 is 2.74. The molecule has 15 heavy (non-hydrogen) atoms. The molecule has 0 aliphatic carbocycles. The van der Waals surface area contributed by atoms with E-state index in [2.05, 4.69) is 15.4 Å². The Morgan fingerprint density at radius 1 is 1.53 bits per heavy atom. The van der Waals surface area contributed by atoms with Gasteiger partial charge in [-0.25, -0.2) is 9.36 Å². The van der Waals surface area contributed by atoms with Gasteiger partial charge in [0.2, 0.25) is 0 Å². The van der Waals surface area contributed by atoms with Gasteiger partial charge in [0.1, 0.15) is 5.39 Å². The van der Waals surface area contributed by atoms with E-state index in [1.165, 1.54) is 15.6 Å². The summed E-state index contributed by atoms with van der Waals surface area (Å²) in [6, 6.07) is 0. The van der Waals surface area contributed by atoms with Crippen molar-refractivity contribution >= 4 is 11.0 Å². The second-order valence-electron chi connectivity index (χ2n) is 3.20. The molecule has 0 radical (unpaired) electrons. The largest absolute Gasteiger partial charge is 0.396 e. The highest BCUT2D eigenvalue weighted by atomic mass is 16.3. The monoisotopic (exact) mass is 209 g/mol. The van der Waals surface area contributed by atoms with Crippen molar-refractivity contribution in [3.63, 3.8) is 0 Å². The van der Waals surface area contributed by atoms with Crippen LogP contribution in [0.3, 0.4) is 0 Å². The molecule has 0 aromatic carbocycles. The van der Waals surface area contributed by atoms with E-state index in [1.807, 2.05) is 0 Å². The Bertz CT molecular complexity index is 529. The third-order valence-corrected chi connectivity index (χ3v) is 2.15. The Morgan fingerprint density at radius 3 is 3.07 bits per heavy atom. The van der Waals surface area contributed by atoms with Gasteiger partial charge in [-0.15, -0.1) is 5.10 Å². The van der Waals surface area contributed by atoms with Gasteiger partial charge in [-0.05, 0) is 6.42 Å². The van der Waals surface area contributed by atoms with E-state index in [-0.39, 0.29) is 12.2 Å². The van der Waals surface area contributed by atoms with Gasteiger partial charge in [0.05, 0.1) is 6.20 Å². The Labute approximate surface area is 84.9 Å². The molecule has 2 heterocycles. The van der Waals surface area contributed by atoms with Gasteiger partial charge in [0, 0.05) is 20.2 Å². The van der Waals surface area contributed by atoms with Crippen LogP contribution in [0, 0.1) is 0 Å². The number of hydrogen-bond acceptors (Lipinski definition) is 5. The summed E-state index contributed by atoms with van der Waals surface area (Å²) in [7, 11) is 1.70. The first-order chi connectivity index (χ1) is 7.24. The van der Waals surface area contributed by atoms with Gasteiger partial charge in [-0.3, -0.25) is 4.79 Å². The molecule has 0 aliphatic heterocycles. The lowest BCUT2D eigenvalue weighted by atomic mass is 10.4. The van der Waals surface area contributed by atoms with Gasteiger partial charge >= 0.3 is 0 Å². The predicted octanol–water partition coefficient (Wildman–Crippen LogP) is -1.09. The summed E-state index contributed by atoms with van der Waals surface area (Å²) >= 11 is 0. The molecule has 1 N–H and O–H groups in total. The summed E-state index contributed by atoms with van der Waals surface area (Å²) in [6.07, 6.45) is 1.96. The standard InChI is InChI=1S/C8H11N5O2/c1-12-7-6(5-9-12)8(15)13(11-10-7)3-2-4-14/h5,14H,2-4H2,1H3. The van der Waals surface area contributed by atoms with E-state index in [9.17, 15) is 4.79 Å². The average Bonchev–Trinajstić information content (AvgIpc) is 2.61. The number of aryl methyl sites for hydroxylation is 2. The molecule has 0 aliphatic rings. The minimum Gasteiger partial charge on any atom is -0.396 e. The van der Waals surface area contributed by atoms with Crippen LogP contribution in [0.4, 0.5) is 0 Å². The van der Waals surface area contributed by atoms with Gasteiger partial charge in [0.25, 0.3) is 5.56 Å². The van der Waals surface area contributed by atoms with Crippen LogP contribution in [0.25, 0.3) is 11.0 Å². The van der Waals surface area contributed by atoms with E-state index < -0.39 is 0 Å². The van der Waals surface area contributed by atoms with Crippen molar-refractivity contribution in [1.29, 1.82) is 0 Å². The Morgan fingerprint density at radius 2 is 2.33 bits per heavy atom. The van der Waals surface area contributed by atoms with E-state index in [1.54, 1.807) is 7.05 Å². The number of fused-ring (bicyclic) bond motifs is 1. The number of aromatic nitrogens is 5. The molecule has 0 saturated carbocycles. The lowest BCUT2D eigenvalue weighted by molar-refractivity contribution is 0.274. The van der Waals surface area contributed by atoms with Gasteiger partial charge in [-0.2, -0.15) is 5.10 Å². The van der Waals surface area contributed by atoms with Crippen LogP contribution in [-0.4, -0.2) is 36.5 Å². The fourth-order valence-corrected chi connectivity index (χ4v) is 1.34. The summed E-state index contributed by atoms with van der Waals surface area (Å²) in [5, 5.41) is 20.7. The molecule has 7 nitrogen and oxygen atoms in total. The Kier molecular flexibility index (Phi) is 2.46. The Balaban J connectivity index is 2.51. The molecule has 2 aromatic rings. The van der Waals surface area contributed by atoms with Crippen molar-refractivity contribution in [2.45, 2.75) is 13.0 Å². The molecule has 0 atom stereocenters. The number of rotatable bonds is 3. The second-order valence-corrected chi connectivity index (χ2v) is 3.20. The van der Waals surface area contributed by atoms with Crippen LogP contribution in [0.2, 0.25) is 0 Å². The predicted molar refractivity (Wildman–Crippen MR) is 52.3 cm³/mol. The summed E-state index contributed by atoms with van der Waals surface area (Å²) in [5.74, 6) is 0. The van der Waals surface area contributed by atoms with E-state index in [0.717, 1.165) is 0 Å². The molecule has 0 spiro atoms. The maximum absolute atomic E-state index is 11.8. The van der Waals surface area contributed by atoms with Gasteiger partial charge < -0.3 is 5.11 Å². The second kappa shape index (κ2) is 3.77. The van der Waals surface area contributed by atoms with E-state index in [0.29, 0.717) is 24.0 Å². The zero-order chi connectivity index (χ0) is 10.8. The third-order valence-electron chi connectivity index (χ3n) is 2.15. The topological polar surface area (TPSA) is 85.8 Å². The zero-order valence-electron chi connectivity index (χ0n) is 8.29. The molecule has 0 fully saturated rings. The van der Waals surface area contributed by atoms with Gasteiger partial charge in [-0.1, -0.05) is 5.21 Å². The number of nitrogens with zero attached hydrogens (tertiary/aromatic N) is 5. The molecule has 2 aromatic heterocycles. The molecule has 0 bridgehead atoms. The third kappa shape index (κ3) is 1.61. The van der Waals surface area contributed by atoms with E-state index >= 15 is 0 Å². The average molecular weight is 209 g/mol. The summed E-state index contributed by atoms with van der Waals surface area (Å²) in [5.41, 5.74) is 0.252. The van der Waals surface area contributed by atoms with Crippen LogP contribution < -0.4 is 5.56 Å². The van der Waals surface area contributed by atoms with Gasteiger partial charge in [0.15, 0.2) is 5.65 Å². The van der Waals surface area contributed by atoms with E-state index in [4.69, 9.17) is 5.11 Å². The van der Waals surface area contributed by atoms with Crippen molar-refractivity contribution in [2.75, 3.05) is 6.61 Å². The first-order valence-electron chi connectivity index (χ1n) is 4.60. The number of aliphatic hydroxyl groups is 1. The smallest absolute Gasteiger partial charge is 0.280 e. The first kappa shape index (κ1) is 9.78. The maximum Gasteiger partial charge on any atom is 0.280 e. The van der Waals surface area contributed by atoms with Crippen molar-refractivity contribution in [3.8, 4) is 0 Å². The number of aliphatic hydroxyl groups excluding tert-OH is 1. The maximum atomic E-state index is 11.8. The molecule has 0 unspecified atom stereocenters. The Hall–Kier alpha value is -1.76. The molecule has 80 valence electrons. The lowest BCUT2D eigenvalue weighted by Crippen LogP contribution is -2.24. The summed E-state index contributed by atoms with van der Waals surface area (Å²) in [4.78, 5) is 11.8. The van der Waals surface area contributed by atoms with Crippen LogP contribution >= 0.6 is 0 Å². The highest BCUT2D eigenvalue weighted by Gasteiger charge is 2.08. The first-order valence-corrected chi connectivity index (χ1v) is 4.60. The molecule has 0 saturated heterocycles. The minimum atomic E-state index is -0.221. The molecular weight excluding hydrogens is 198 g/mol. The highest BCUT2D eigenvalue weighted by molar-refractivity contribution is 5.72. The zero-order valence-corrected chi connectivity index (χ0v) is 8.29. The fraction of sp³-hybridized carbons (Fsp3) is 0.500. The van der Waals surface area contributed by atoms with Crippen LogP contribution in [0.1, 0.15) is 6.42 Å². The normalized spacial score (nSPS) is 11.1. The molecular formula is C8H11N5O2. The van der Waals surface area contributed by atoms with Crippen LogP contribution in [0.5, 0.6) is 0 Å². The molecule has 7 heteroatoms. The summed E-state index contributed by atoms with van der Waals surface area (Å²) in [6.45, 7) is 0.395. The van der Waals surface area contributed by atoms with Crippen molar-refractivity contribution in [3.05, 3.63) is 16.6 Å². The fourth-order valence-electron chi connectivity index (χ4n) is 1.34. The molecule has 0 amide bonds. The molecule has 2 rings (SSSR count). The highest BCUT2D eigenvalue weighted by Crippen LogP contribution is 2.01. The van der Waals surface area contributed by atoms with Crippen LogP contribution in [0.15, 0.2) is 11.0 Å². The van der Waals surface area contributed by atoms with Crippen molar-refractivity contribution in [2.24, 2.45) is 7.05 Å². The SMILES string of the molecule is Cn1ncc2c(=O)n(CCCO)nnc21.